The number of nitrogens with one attached hydrogen (secondary N) is 1. The Bertz CT molecular complexity index is 331. The van der Waals surface area contributed by atoms with Crippen LogP contribution in [0, 0.1) is 0 Å². The molecule has 0 aromatic heterocycles. The molecule has 6 heteroatoms. The molecule has 17 heavy (non-hydrogen) atoms. The van der Waals surface area contributed by atoms with Gasteiger partial charge in [0, 0.05) is 25.2 Å². The predicted octanol–water partition coefficient (Wildman–Crippen LogP) is 0.577. The summed E-state index contributed by atoms with van der Waals surface area (Å²) in [6.07, 6.45) is 6.69. The van der Waals surface area contributed by atoms with E-state index in [2.05, 4.69) is 4.72 Å². The Morgan fingerprint density at radius 2 is 1.59 bits per heavy atom. The Hall–Kier alpha value is -0.170. The minimum Gasteiger partial charge on any atom is -0.328 e. The molecule has 0 atom stereocenters. The summed E-state index contributed by atoms with van der Waals surface area (Å²) in [7, 11) is -3.26. The zero-order valence-electron chi connectivity index (χ0n) is 10.3. The van der Waals surface area contributed by atoms with E-state index in [0.717, 1.165) is 44.9 Å². The van der Waals surface area contributed by atoms with Crippen LogP contribution in [0.1, 0.15) is 44.9 Å². The van der Waals surface area contributed by atoms with Crippen molar-refractivity contribution in [2.24, 2.45) is 5.73 Å². The predicted molar refractivity (Wildman–Crippen MR) is 67.7 cm³/mol. The van der Waals surface area contributed by atoms with Crippen molar-refractivity contribution in [3.8, 4) is 0 Å². The van der Waals surface area contributed by atoms with E-state index < -0.39 is 10.2 Å². The highest BCUT2D eigenvalue weighted by molar-refractivity contribution is 7.87. The molecular weight excluding hydrogens is 238 g/mol. The molecule has 0 aromatic rings. The first-order valence-corrected chi connectivity index (χ1v) is 8.05. The lowest BCUT2D eigenvalue weighted by molar-refractivity contribution is 0.324. The smallest absolute Gasteiger partial charge is 0.279 e. The molecule has 2 fully saturated rings. The zero-order chi connectivity index (χ0) is 12.3. The largest absolute Gasteiger partial charge is 0.328 e. The van der Waals surface area contributed by atoms with Crippen molar-refractivity contribution in [3.05, 3.63) is 0 Å². The summed E-state index contributed by atoms with van der Waals surface area (Å²) in [5.74, 6) is 0. The molecule has 1 saturated heterocycles. The summed E-state index contributed by atoms with van der Waals surface area (Å²) in [6, 6.07) is 0.340. The van der Waals surface area contributed by atoms with E-state index in [4.69, 9.17) is 5.73 Å². The summed E-state index contributed by atoms with van der Waals surface area (Å²) >= 11 is 0. The summed E-state index contributed by atoms with van der Waals surface area (Å²) in [6.45, 7) is 1.34. The molecule has 2 aliphatic rings. The SMILES string of the molecule is NC1CCC(NS(=O)(=O)N2CCCCC2)CC1. The molecule has 5 nitrogen and oxygen atoms in total. The molecule has 3 N–H and O–H groups in total. The van der Waals surface area contributed by atoms with Crippen molar-refractivity contribution in [3.63, 3.8) is 0 Å². The van der Waals surface area contributed by atoms with Gasteiger partial charge in [-0.2, -0.15) is 17.4 Å². The number of hydrogen-bond acceptors (Lipinski definition) is 3. The summed E-state index contributed by atoms with van der Waals surface area (Å²) in [5.41, 5.74) is 5.82. The average Bonchev–Trinajstić information content (AvgIpc) is 2.33. The maximum atomic E-state index is 12.1. The Morgan fingerprint density at radius 1 is 1.00 bits per heavy atom. The number of nitrogens with two attached hydrogens (primary N) is 1. The molecule has 0 radical (unpaired) electrons. The molecule has 1 saturated carbocycles. The summed E-state index contributed by atoms with van der Waals surface area (Å²) in [5, 5.41) is 0. The fourth-order valence-electron chi connectivity index (χ4n) is 2.63. The second-order valence-electron chi connectivity index (χ2n) is 5.19. The van der Waals surface area contributed by atoms with Crippen molar-refractivity contribution in [1.29, 1.82) is 0 Å². The van der Waals surface area contributed by atoms with Crippen LogP contribution in [0.3, 0.4) is 0 Å². The lowest BCUT2D eigenvalue weighted by atomic mass is 9.93. The number of rotatable bonds is 3. The van der Waals surface area contributed by atoms with E-state index in [9.17, 15) is 8.42 Å². The lowest BCUT2D eigenvalue weighted by Gasteiger charge is -2.31. The number of hydrogen-bond donors (Lipinski definition) is 2. The zero-order valence-corrected chi connectivity index (χ0v) is 11.1. The van der Waals surface area contributed by atoms with Crippen LogP contribution in [-0.4, -0.2) is 37.9 Å². The van der Waals surface area contributed by atoms with Gasteiger partial charge >= 0.3 is 0 Å². The van der Waals surface area contributed by atoms with E-state index in [-0.39, 0.29) is 12.1 Å². The van der Waals surface area contributed by atoms with Gasteiger partial charge in [-0.15, -0.1) is 0 Å². The first kappa shape index (κ1) is 13.3. The lowest BCUT2D eigenvalue weighted by Crippen LogP contribution is -2.48. The quantitative estimate of drug-likeness (QED) is 0.780. The van der Waals surface area contributed by atoms with Gasteiger partial charge in [-0.3, -0.25) is 0 Å². The third-order valence-corrected chi connectivity index (χ3v) is 5.42. The van der Waals surface area contributed by atoms with Gasteiger partial charge in [0.05, 0.1) is 0 Å². The van der Waals surface area contributed by atoms with Crippen molar-refractivity contribution < 1.29 is 8.42 Å². The highest BCUT2D eigenvalue weighted by atomic mass is 32.2. The standard InChI is InChI=1S/C11H23N3O2S/c12-10-4-6-11(7-5-10)13-17(15,16)14-8-2-1-3-9-14/h10-11,13H,1-9,12H2. The molecule has 0 spiro atoms. The Kier molecular flexibility index (Phi) is 4.41. The third kappa shape index (κ3) is 3.64. The van der Waals surface area contributed by atoms with E-state index >= 15 is 0 Å². The fourth-order valence-corrected chi connectivity index (χ4v) is 4.17. The molecule has 1 aliphatic carbocycles. The van der Waals surface area contributed by atoms with Gasteiger partial charge in [0.2, 0.25) is 0 Å². The first-order valence-electron chi connectivity index (χ1n) is 6.61. The molecule has 0 aromatic carbocycles. The maximum Gasteiger partial charge on any atom is 0.279 e. The van der Waals surface area contributed by atoms with Crippen LogP contribution >= 0.6 is 0 Å². The summed E-state index contributed by atoms with van der Waals surface area (Å²) in [4.78, 5) is 0. The molecule has 0 unspecified atom stereocenters. The van der Waals surface area contributed by atoms with E-state index in [1.54, 1.807) is 4.31 Å². The van der Waals surface area contributed by atoms with Crippen LogP contribution in [-0.2, 0) is 10.2 Å². The number of piperidine rings is 1. The number of nitrogens with zero attached hydrogens (tertiary/aromatic N) is 1. The van der Waals surface area contributed by atoms with Crippen LogP contribution in [0.2, 0.25) is 0 Å². The monoisotopic (exact) mass is 261 g/mol. The Balaban J connectivity index is 1.88. The third-order valence-electron chi connectivity index (χ3n) is 3.74. The molecule has 1 heterocycles. The van der Waals surface area contributed by atoms with Gasteiger partial charge in [0.1, 0.15) is 0 Å². The summed E-state index contributed by atoms with van der Waals surface area (Å²) < 4.78 is 28.7. The molecule has 0 bridgehead atoms. The van der Waals surface area contributed by atoms with E-state index in [1.165, 1.54) is 0 Å². The van der Waals surface area contributed by atoms with Crippen LogP contribution in [0.15, 0.2) is 0 Å². The normalized spacial score (nSPS) is 32.5. The highest BCUT2D eigenvalue weighted by Gasteiger charge is 2.28. The topological polar surface area (TPSA) is 75.4 Å². The first-order chi connectivity index (χ1) is 8.08. The van der Waals surface area contributed by atoms with E-state index in [1.807, 2.05) is 0 Å². The molecule has 2 rings (SSSR count). The maximum absolute atomic E-state index is 12.1. The second kappa shape index (κ2) is 5.65. The van der Waals surface area contributed by atoms with Gasteiger partial charge < -0.3 is 5.73 Å². The van der Waals surface area contributed by atoms with Crippen molar-refractivity contribution in [1.82, 2.24) is 9.03 Å². The van der Waals surface area contributed by atoms with Gasteiger partial charge in [-0.25, -0.2) is 0 Å². The average molecular weight is 261 g/mol. The van der Waals surface area contributed by atoms with Gasteiger partial charge in [0.15, 0.2) is 0 Å². The minimum absolute atomic E-state index is 0.0849. The molecule has 1 aliphatic heterocycles. The second-order valence-corrected chi connectivity index (χ2v) is 6.90. The molecule has 0 amide bonds. The van der Waals surface area contributed by atoms with Gasteiger partial charge in [0.25, 0.3) is 10.2 Å². The Labute approximate surface area is 104 Å². The Morgan fingerprint density at radius 3 is 2.18 bits per heavy atom. The van der Waals surface area contributed by atoms with Gasteiger partial charge in [-0.05, 0) is 38.5 Å². The fraction of sp³-hybridized carbons (Fsp3) is 1.00. The van der Waals surface area contributed by atoms with Crippen LogP contribution < -0.4 is 10.5 Å². The van der Waals surface area contributed by atoms with Gasteiger partial charge in [-0.1, -0.05) is 6.42 Å². The molecule has 100 valence electrons. The minimum atomic E-state index is -3.26. The van der Waals surface area contributed by atoms with Crippen molar-refractivity contribution in [2.45, 2.75) is 57.0 Å². The van der Waals surface area contributed by atoms with Crippen LogP contribution in [0.5, 0.6) is 0 Å². The van der Waals surface area contributed by atoms with Crippen LogP contribution in [0.4, 0.5) is 0 Å². The molecular formula is C11H23N3O2S. The van der Waals surface area contributed by atoms with E-state index in [0.29, 0.717) is 13.1 Å². The van der Waals surface area contributed by atoms with Crippen molar-refractivity contribution >= 4 is 10.2 Å². The van der Waals surface area contributed by atoms with Crippen molar-refractivity contribution in [2.75, 3.05) is 13.1 Å². The highest BCUT2D eigenvalue weighted by Crippen LogP contribution is 2.19. The van der Waals surface area contributed by atoms with Crippen LogP contribution in [0.25, 0.3) is 0 Å².